The molecule has 0 heterocycles. The summed E-state index contributed by atoms with van der Waals surface area (Å²) in [5.74, 6) is 0. The Hall–Kier alpha value is -5.59. The van der Waals surface area contributed by atoms with Crippen LogP contribution in [0.5, 0.6) is 0 Å². The van der Waals surface area contributed by atoms with Crippen molar-refractivity contribution in [2.45, 2.75) is 39.5 Å². The predicted octanol–water partition coefficient (Wildman–Crippen LogP) is 9.25. The molecular formula is C68H62Cl2N2Zr2-2. The summed E-state index contributed by atoms with van der Waals surface area (Å²) in [5.41, 5.74) is 21.3. The fourth-order valence-electron chi connectivity index (χ4n) is 8.36. The zero-order valence-corrected chi connectivity index (χ0v) is 49.7. The minimum absolute atomic E-state index is 0. The van der Waals surface area contributed by atoms with Crippen molar-refractivity contribution >= 4 is 17.8 Å². The first kappa shape index (κ1) is 59.3. The van der Waals surface area contributed by atoms with Crippen LogP contribution < -0.4 is 34.6 Å². The number of hydrogen-bond acceptors (Lipinski definition) is 2. The van der Waals surface area contributed by atoms with Crippen LogP contribution in [0.25, 0.3) is 22.3 Å². The number of halogens is 2. The van der Waals surface area contributed by atoms with Gasteiger partial charge in [-0.2, -0.15) is 36.4 Å². The summed E-state index contributed by atoms with van der Waals surface area (Å²) in [5, 5.41) is 0. The number of benzene rings is 8. The van der Waals surface area contributed by atoms with Gasteiger partial charge in [-0.3, -0.25) is 12.2 Å². The third-order valence-corrected chi connectivity index (χ3v) is 15.2. The zero-order chi connectivity index (χ0) is 50.7. The fourth-order valence-corrected chi connectivity index (χ4v) is 10.0. The molecule has 0 amide bonds. The molecular weight excluding hydrogens is 1100 g/mol. The van der Waals surface area contributed by atoms with Crippen LogP contribution in [0.1, 0.15) is 71.2 Å². The van der Waals surface area contributed by atoms with Gasteiger partial charge < -0.3 is 34.6 Å². The molecule has 0 unspecified atom stereocenters. The monoisotopic (exact) mass is 1160 g/mol. The quantitative estimate of drug-likeness (QED) is 0.154. The minimum atomic E-state index is 0. The van der Waals surface area contributed by atoms with Gasteiger partial charge in [0, 0.05) is 28.2 Å². The van der Waals surface area contributed by atoms with Crippen LogP contribution >= 0.6 is 0 Å². The Bertz CT molecular complexity index is 2870. The molecule has 6 heteroatoms. The number of rotatable bonds is 6. The SMILES string of the molecule is CC1=CC[C-]=C1.CC1=CC[C-]=C1.CN(C)c1[c-]c2c(cc1)-c1ccccc1C2.CN(C)c1[c-]c2c(cc1)-c1ccccc1C2.[Cl-].[Cl-].[Zr+2]=[C](c1ccccc1)c1ccccc1.[Zr+2]=[C](c1ccccc1)c1ccccc1. The fraction of sp³-hybridized carbons (Fsp3) is 0.147. The number of anilines is 2. The van der Waals surface area contributed by atoms with Gasteiger partial charge in [0.05, 0.1) is 0 Å². The van der Waals surface area contributed by atoms with Crippen LogP contribution in [-0.2, 0) is 61.3 Å². The van der Waals surface area contributed by atoms with Crippen molar-refractivity contribution in [1.29, 1.82) is 0 Å². The van der Waals surface area contributed by atoms with E-state index in [1.807, 2.05) is 12.2 Å². The van der Waals surface area contributed by atoms with E-state index in [0.717, 1.165) is 37.1 Å². The Morgan fingerprint density at radius 3 is 0.932 bits per heavy atom. The van der Waals surface area contributed by atoms with E-state index in [2.05, 4.69) is 282 Å². The van der Waals surface area contributed by atoms with Crippen molar-refractivity contribution in [3.8, 4) is 22.3 Å². The van der Waals surface area contributed by atoms with Gasteiger partial charge in [0.1, 0.15) is 0 Å². The normalized spacial score (nSPS) is 12.0. The molecule has 0 aliphatic heterocycles. The Balaban J connectivity index is 0.000000169. The van der Waals surface area contributed by atoms with Crippen LogP contribution in [0.3, 0.4) is 0 Å². The molecule has 0 bridgehead atoms. The summed E-state index contributed by atoms with van der Waals surface area (Å²) in [6.07, 6.45) is 18.5. The topological polar surface area (TPSA) is 6.48 Å². The molecule has 0 N–H and O–H groups in total. The van der Waals surface area contributed by atoms with Crippen molar-refractivity contribution < 1.29 is 73.3 Å². The molecule has 8 aromatic rings. The average molecular weight is 1160 g/mol. The van der Waals surface area contributed by atoms with Gasteiger partial charge >= 0.3 is 198 Å². The van der Waals surface area contributed by atoms with Crippen molar-refractivity contribution in [2.24, 2.45) is 0 Å². The van der Waals surface area contributed by atoms with E-state index in [9.17, 15) is 0 Å². The summed E-state index contributed by atoms with van der Waals surface area (Å²) >= 11 is 2.92. The first-order valence-electron chi connectivity index (χ1n) is 24.5. The van der Waals surface area contributed by atoms with Crippen LogP contribution in [0, 0.1) is 24.3 Å². The maximum atomic E-state index is 3.50. The maximum absolute atomic E-state index is 3.50. The second-order valence-electron chi connectivity index (χ2n) is 18.1. The van der Waals surface area contributed by atoms with Crippen LogP contribution in [0.4, 0.5) is 11.4 Å². The summed E-state index contributed by atoms with van der Waals surface area (Å²) in [6.45, 7) is 4.17. The van der Waals surface area contributed by atoms with E-state index in [4.69, 9.17) is 0 Å². The summed E-state index contributed by atoms with van der Waals surface area (Å²) in [6, 6.07) is 75.2. The summed E-state index contributed by atoms with van der Waals surface area (Å²) < 4.78 is 2.83. The molecule has 2 nitrogen and oxygen atoms in total. The van der Waals surface area contributed by atoms with Crippen molar-refractivity contribution in [2.75, 3.05) is 38.0 Å². The summed E-state index contributed by atoms with van der Waals surface area (Å²) in [4.78, 5) is 4.20. The number of nitrogens with zero attached hydrogens (tertiary/aromatic N) is 2. The van der Waals surface area contributed by atoms with Gasteiger partial charge in [-0.25, -0.2) is 23.3 Å². The molecule has 0 saturated carbocycles. The van der Waals surface area contributed by atoms with Crippen LogP contribution in [-0.4, -0.2) is 34.6 Å². The third kappa shape index (κ3) is 17.2. The van der Waals surface area contributed by atoms with Crippen LogP contribution in [0.2, 0.25) is 0 Å². The van der Waals surface area contributed by atoms with E-state index in [-0.39, 0.29) is 24.8 Å². The second-order valence-corrected chi connectivity index (χ2v) is 20.6. The van der Waals surface area contributed by atoms with Crippen molar-refractivity contribution in [3.05, 3.63) is 298 Å². The number of fused-ring (bicyclic) bond motifs is 6. The molecule has 8 aromatic carbocycles. The van der Waals surface area contributed by atoms with Gasteiger partial charge in [-0.15, -0.1) is 61.1 Å². The molecule has 0 saturated heterocycles. The van der Waals surface area contributed by atoms with E-state index in [1.165, 1.54) is 133 Å². The molecule has 0 aromatic heterocycles. The predicted molar refractivity (Wildman–Crippen MR) is 300 cm³/mol. The van der Waals surface area contributed by atoms with Crippen LogP contribution in [0.15, 0.2) is 230 Å². The molecule has 74 heavy (non-hydrogen) atoms. The van der Waals surface area contributed by atoms with Gasteiger partial charge in [0.15, 0.2) is 0 Å². The zero-order valence-electron chi connectivity index (χ0n) is 43.3. The van der Waals surface area contributed by atoms with Gasteiger partial charge in [0.25, 0.3) is 0 Å². The van der Waals surface area contributed by atoms with Gasteiger partial charge in [-0.05, 0) is 12.8 Å². The second kappa shape index (κ2) is 30.7. The van der Waals surface area contributed by atoms with Gasteiger partial charge in [0.2, 0.25) is 0 Å². The molecule has 4 aliphatic carbocycles. The first-order chi connectivity index (χ1) is 35.0. The molecule has 368 valence electrons. The van der Waals surface area contributed by atoms with Crippen molar-refractivity contribution in [1.82, 2.24) is 0 Å². The van der Waals surface area contributed by atoms with E-state index >= 15 is 0 Å². The first-order valence-corrected chi connectivity index (χ1v) is 27.0. The summed E-state index contributed by atoms with van der Waals surface area (Å²) in [7, 11) is 8.22. The molecule has 12 rings (SSSR count). The molecule has 4 aliphatic rings. The molecule has 0 spiro atoms. The Morgan fingerprint density at radius 1 is 0.378 bits per heavy atom. The van der Waals surface area contributed by atoms with Crippen molar-refractivity contribution in [3.63, 3.8) is 0 Å². The average Bonchev–Trinajstić information content (AvgIpc) is 4.27. The third-order valence-electron chi connectivity index (χ3n) is 12.3. The standard InChI is InChI=1S/2C15H14N.2C13H10.2C6H7.2ClH.2Zr/c2*1-16(2)13-7-8-15-12(10-13)9-11-5-3-4-6-14(11)15;2*1-3-7-12(8-4-1)11-13-9-5-2-6-10-13;2*1-6-4-2-3-5-6;;;;/h2*3-8H,9H2,1-2H3;2*1-10H;2*4-5H,2H2,1H3;2*1H;;/q2*-1;;;2*-1;;;2*+2/p-2. The molecule has 0 radical (unpaired) electrons. The Morgan fingerprint density at radius 2 is 0.676 bits per heavy atom. The van der Waals surface area contributed by atoms with E-state index in [1.54, 1.807) is 0 Å². The van der Waals surface area contributed by atoms with Gasteiger partial charge in [-0.1, -0.05) is 82.2 Å². The Labute approximate surface area is 484 Å². The number of hydrogen-bond donors (Lipinski definition) is 0. The molecule has 0 fully saturated rings. The molecule has 0 atom stereocenters. The number of allylic oxidation sites excluding steroid dienone is 8. The van der Waals surface area contributed by atoms with E-state index in [0.29, 0.717) is 0 Å². The van der Waals surface area contributed by atoms with E-state index < -0.39 is 0 Å². The Kier molecular flexibility index (Phi) is 24.6.